The third-order valence-electron chi connectivity index (χ3n) is 2.52. The molecule has 0 fully saturated rings. The maximum Gasteiger partial charge on any atom is 0.328 e. The molecule has 5 nitrogen and oxygen atoms in total. The minimum Gasteiger partial charge on any atom is -0.389 e. The number of rotatable bonds is 3. The highest BCUT2D eigenvalue weighted by Gasteiger charge is 2.05. The molecule has 0 saturated heterocycles. The molecule has 1 heterocycles. The van der Waals surface area contributed by atoms with E-state index in [2.05, 4.69) is 4.98 Å². The van der Waals surface area contributed by atoms with Gasteiger partial charge in [-0.3, -0.25) is 14.3 Å². The van der Waals surface area contributed by atoms with Crippen molar-refractivity contribution < 1.29 is 0 Å². The molecule has 0 radical (unpaired) electrons. The van der Waals surface area contributed by atoms with Gasteiger partial charge in [0.2, 0.25) is 0 Å². The maximum absolute atomic E-state index is 11.6. The minimum absolute atomic E-state index is 0.281. The van der Waals surface area contributed by atoms with Crippen LogP contribution in [0.4, 0.5) is 0 Å². The van der Waals surface area contributed by atoms with Gasteiger partial charge in [-0.1, -0.05) is 36.5 Å². The molecule has 2 aromatic rings. The Balaban J connectivity index is 2.43. The van der Waals surface area contributed by atoms with Gasteiger partial charge in [-0.25, -0.2) is 4.79 Å². The maximum atomic E-state index is 11.6. The molecule has 1 aromatic carbocycles. The molecule has 3 N–H and O–H groups in total. The van der Waals surface area contributed by atoms with Crippen molar-refractivity contribution >= 4 is 17.2 Å². The summed E-state index contributed by atoms with van der Waals surface area (Å²) in [6, 6.07) is 8.60. The quantitative estimate of drug-likeness (QED) is 0.774. The predicted molar refractivity (Wildman–Crippen MR) is 72.8 cm³/mol. The van der Waals surface area contributed by atoms with Crippen LogP contribution in [0.15, 0.2) is 46.1 Å². The van der Waals surface area contributed by atoms with Crippen molar-refractivity contribution in [2.45, 2.75) is 6.54 Å². The summed E-state index contributed by atoms with van der Waals surface area (Å²) < 4.78 is 1.39. The fraction of sp³-hybridized carbons (Fsp3) is 0.0833. The molecule has 0 saturated carbocycles. The summed E-state index contributed by atoms with van der Waals surface area (Å²) in [5, 5.41) is 0. The lowest BCUT2D eigenvalue weighted by Gasteiger charge is -2.09. The van der Waals surface area contributed by atoms with Gasteiger partial charge in [0, 0.05) is 17.8 Å². The monoisotopic (exact) mass is 261 g/mol. The van der Waals surface area contributed by atoms with Crippen LogP contribution < -0.4 is 17.0 Å². The average molecular weight is 261 g/mol. The van der Waals surface area contributed by atoms with E-state index in [0.29, 0.717) is 6.54 Å². The van der Waals surface area contributed by atoms with Gasteiger partial charge in [0.15, 0.2) is 0 Å². The normalized spacial score (nSPS) is 10.2. The second-order valence-corrected chi connectivity index (χ2v) is 4.20. The fourth-order valence-electron chi connectivity index (χ4n) is 1.65. The molecule has 1 aromatic heterocycles. The second kappa shape index (κ2) is 4.97. The van der Waals surface area contributed by atoms with Gasteiger partial charge in [-0.2, -0.15) is 0 Å². The zero-order chi connectivity index (χ0) is 13.1. The number of nitrogens with one attached hydrogen (secondary N) is 1. The summed E-state index contributed by atoms with van der Waals surface area (Å²) in [7, 11) is 0. The number of aromatic nitrogens is 2. The van der Waals surface area contributed by atoms with Gasteiger partial charge >= 0.3 is 5.69 Å². The molecule has 18 heavy (non-hydrogen) atoms. The van der Waals surface area contributed by atoms with E-state index in [1.807, 2.05) is 18.2 Å². The van der Waals surface area contributed by atoms with Crippen LogP contribution in [0.2, 0.25) is 0 Å². The topological polar surface area (TPSA) is 80.9 Å². The lowest BCUT2D eigenvalue weighted by Crippen LogP contribution is -2.29. The van der Waals surface area contributed by atoms with Crippen LogP contribution >= 0.6 is 12.2 Å². The Morgan fingerprint density at radius 3 is 2.67 bits per heavy atom. The van der Waals surface area contributed by atoms with Crippen LogP contribution in [-0.2, 0) is 6.54 Å². The lowest BCUT2D eigenvalue weighted by atomic mass is 10.1. The van der Waals surface area contributed by atoms with Crippen LogP contribution in [0.3, 0.4) is 0 Å². The van der Waals surface area contributed by atoms with Gasteiger partial charge in [-0.05, 0) is 5.56 Å². The highest BCUT2D eigenvalue weighted by atomic mass is 32.1. The number of hydrogen-bond acceptors (Lipinski definition) is 3. The van der Waals surface area contributed by atoms with E-state index in [-0.39, 0.29) is 4.99 Å². The summed E-state index contributed by atoms with van der Waals surface area (Å²) in [4.78, 5) is 25.0. The van der Waals surface area contributed by atoms with Gasteiger partial charge in [-0.15, -0.1) is 0 Å². The first kappa shape index (κ1) is 12.3. The first-order valence-electron chi connectivity index (χ1n) is 5.25. The Morgan fingerprint density at radius 1 is 1.28 bits per heavy atom. The summed E-state index contributed by atoms with van der Waals surface area (Å²) in [5.41, 5.74) is 6.30. The van der Waals surface area contributed by atoms with Crippen LogP contribution in [0.25, 0.3) is 0 Å². The molecule has 2 rings (SSSR count). The molecule has 0 aliphatic carbocycles. The number of thiocarbonyl (C=S) groups is 1. The van der Waals surface area contributed by atoms with Gasteiger partial charge in [0.25, 0.3) is 5.56 Å². The van der Waals surface area contributed by atoms with Crippen molar-refractivity contribution in [1.29, 1.82) is 0 Å². The average Bonchev–Trinajstić information content (AvgIpc) is 2.33. The Bertz CT molecular complexity index is 703. The van der Waals surface area contributed by atoms with E-state index in [1.165, 1.54) is 16.8 Å². The zero-order valence-electron chi connectivity index (χ0n) is 9.42. The highest BCUT2D eigenvalue weighted by molar-refractivity contribution is 7.80. The Hall–Kier alpha value is -2.21. The van der Waals surface area contributed by atoms with Crippen LogP contribution in [0.5, 0.6) is 0 Å². The largest absolute Gasteiger partial charge is 0.389 e. The molecule has 0 amide bonds. The van der Waals surface area contributed by atoms with E-state index in [1.54, 1.807) is 6.07 Å². The van der Waals surface area contributed by atoms with Crippen molar-refractivity contribution in [3.8, 4) is 0 Å². The highest BCUT2D eigenvalue weighted by Crippen LogP contribution is 2.09. The smallest absolute Gasteiger partial charge is 0.328 e. The number of benzene rings is 1. The first-order chi connectivity index (χ1) is 8.58. The van der Waals surface area contributed by atoms with Crippen LogP contribution in [0, 0.1) is 0 Å². The van der Waals surface area contributed by atoms with Crippen molar-refractivity contribution in [3.05, 3.63) is 68.5 Å². The molecule has 0 spiro atoms. The molecule has 0 unspecified atom stereocenters. The van der Waals surface area contributed by atoms with Gasteiger partial charge in [0.1, 0.15) is 4.99 Å². The molecule has 0 atom stereocenters. The van der Waals surface area contributed by atoms with Crippen molar-refractivity contribution in [1.82, 2.24) is 9.55 Å². The molecular formula is C12H11N3O2S. The van der Waals surface area contributed by atoms with E-state index >= 15 is 0 Å². The van der Waals surface area contributed by atoms with E-state index in [4.69, 9.17) is 18.0 Å². The van der Waals surface area contributed by atoms with E-state index in [9.17, 15) is 9.59 Å². The summed E-state index contributed by atoms with van der Waals surface area (Å²) in [6.45, 7) is 0.309. The predicted octanol–water partition coefficient (Wildman–Crippen LogP) is 0.219. The lowest BCUT2D eigenvalue weighted by molar-refractivity contribution is 0.720. The summed E-state index contributed by atoms with van der Waals surface area (Å²) in [6.07, 6.45) is 1.44. The van der Waals surface area contributed by atoms with E-state index < -0.39 is 11.2 Å². The van der Waals surface area contributed by atoms with Crippen molar-refractivity contribution in [2.24, 2.45) is 5.73 Å². The Morgan fingerprint density at radius 2 is 2.00 bits per heavy atom. The zero-order valence-corrected chi connectivity index (χ0v) is 10.2. The summed E-state index contributed by atoms with van der Waals surface area (Å²) >= 11 is 4.95. The Labute approximate surface area is 108 Å². The van der Waals surface area contributed by atoms with Crippen molar-refractivity contribution in [2.75, 3.05) is 0 Å². The van der Waals surface area contributed by atoms with Gasteiger partial charge in [0.05, 0.1) is 6.54 Å². The number of nitrogens with two attached hydrogens (primary N) is 1. The van der Waals surface area contributed by atoms with Gasteiger partial charge < -0.3 is 5.73 Å². The standard InChI is InChI=1S/C12H11N3O2S/c13-11(18)9-4-2-1-3-8(9)7-15-6-5-10(16)14-12(15)17/h1-6H,7H2,(H2,13,18)(H,14,16,17). The molecule has 0 aliphatic heterocycles. The number of hydrogen-bond donors (Lipinski definition) is 2. The SMILES string of the molecule is NC(=S)c1ccccc1Cn1ccc(=O)[nH]c1=O. The number of nitrogens with zero attached hydrogens (tertiary/aromatic N) is 1. The van der Waals surface area contributed by atoms with Crippen LogP contribution in [0.1, 0.15) is 11.1 Å². The molecule has 92 valence electrons. The minimum atomic E-state index is -0.458. The first-order valence-corrected chi connectivity index (χ1v) is 5.66. The summed E-state index contributed by atoms with van der Waals surface area (Å²) in [5.74, 6) is 0. The van der Waals surface area contributed by atoms with Crippen molar-refractivity contribution in [3.63, 3.8) is 0 Å². The molecule has 0 bridgehead atoms. The third kappa shape index (κ3) is 2.54. The third-order valence-corrected chi connectivity index (χ3v) is 2.74. The van der Waals surface area contributed by atoms with E-state index in [0.717, 1.165) is 11.1 Å². The second-order valence-electron chi connectivity index (χ2n) is 3.76. The molecule has 6 heteroatoms. The molecule has 0 aliphatic rings. The molecular weight excluding hydrogens is 250 g/mol. The Kier molecular flexibility index (Phi) is 3.38. The number of H-pyrrole nitrogens is 1. The number of aromatic amines is 1. The van der Waals surface area contributed by atoms with Crippen LogP contribution in [-0.4, -0.2) is 14.5 Å². The fourth-order valence-corrected chi connectivity index (χ4v) is 1.85.